The van der Waals surface area contributed by atoms with Crippen LogP contribution >= 0.6 is 0 Å². The molecule has 2 aromatic heterocycles. The molecule has 2 heterocycles. The van der Waals surface area contributed by atoms with E-state index in [9.17, 15) is 0 Å². The molecule has 18 heavy (non-hydrogen) atoms. The van der Waals surface area contributed by atoms with Gasteiger partial charge >= 0.3 is 0 Å². The smallest absolute Gasteiger partial charge is 0.128 e. The predicted molar refractivity (Wildman–Crippen MR) is 73.8 cm³/mol. The quantitative estimate of drug-likeness (QED) is 0.816. The number of aromatic nitrogens is 3. The Bertz CT molecular complexity index is 492. The molecule has 0 bridgehead atoms. The van der Waals surface area contributed by atoms with Crippen LogP contribution in [0.3, 0.4) is 0 Å². The van der Waals surface area contributed by atoms with Crippen LogP contribution in [0.1, 0.15) is 12.5 Å². The first-order chi connectivity index (χ1) is 8.78. The van der Waals surface area contributed by atoms with Gasteiger partial charge in [-0.3, -0.25) is 4.68 Å². The normalized spacial score (nSPS) is 10.3. The van der Waals surface area contributed by atoms with Gasteiger partial charge in [0.15, 0.2) is 0 Å². The second kappa shape index (κ2) is 6.05. The Balaban J connectivity index is 1.84. The van der Waals surface area contributed by atoms with Crippen molar-refractivity contribution in [1.29, 1.82) is 0 Å². The van der Waals surface area contributed by atoms with Crippen LogP contribution in [0.5, 0.6) is 0 Å². The van der Waals surface area contributed by atoms with E-state index in [-0.39, 0.29) is 0 Å². The minimum Gasteiger partial charge on any atom is -0.370 e. The van der Waals surface area contributed by atoms with E-state index in [1.54, 1.807) is 0 Å². The van der Waals surface area contributed by atoms with E-state index in [1.165, 1.54) is 5.56 Å². The Morgan fingerprint density at radius 2 is 2.00 bits per heavy atom. The van der Waals surface area contributed by atoms with Gasteiger partial charge in [0.1, 0.15) is 11.6 Å². The zero-order chi connectivity index (χ0) is 12.8. The van der Waals surface area contributed by atoms with Gasteiger partial charge in [0.05, 0.1) is 6.20 Å². The molecule has 96 valence electrons. The van der Waals surface area contributed by atoms with E-state index < -0.39 is 0 Å². The van der Waals surface area contributed by atoms with Crippen LogP contribution in [0.25, 0.3) is 0 Å². The van der Waals surface area contributed by atoms with Crippen molar-refractivity contribution in [3.05, 3.63) is 36.2 Å². The zero-order valence-corrected chi connectivity index (χ0v) is 10.8. The summed E-state index contributed by atoms with van der Waals surface area (Å²) >= 11 is 0. The number of rotatable bonds is 6. The molecule has 5 heteroatoms. The average Bonchev–Trinajstić information content (AvgIpc) is 2.76. The summed E-state index contributed by atoms with van der Waals surface area (Å²) in [4.78, 5) is 4.46. The monoisotopic (exact) mass is 245 g/mol. The molecule has 0 aromatic carbocycles. The number of hydrogen-bond donors (Lipinski definition) is 2. The van der Waals surface area contributed by atoms with Crippen LogP contribution in [0, 0.1) is 0 Å². The first kappa shape index (κ1) is 12.4. The summed E-state index contributed by atoms with van der Waals surface area (Å²) in [7, 11) is 1.93. The van der Waals surface area contributed by atoms with Crippen LogP contribution < -0.4 is 10.6 Å². The van der Waals surface area contributed by atoms with E-state index in [0.29, 0.717) is 0 Å². The molecule has 0 spiro atoms. The lowest BCUT2D eigenvalue weighted by Gasteiger charge is -2.07. The highest BCUT2D eigenvalue weighted by atomic mass is 15.2. The van der Waals surface area contributed by atoms with Gasteiger partial charge in [0.25, 0.3) is 0 Å². The lowest BCUT2D eigenvalue weighted by atomic mass is 10.2. The van der Waals surface area contributed by atoms with Crippen molar-refractivity contribution < 1.29 is 0 Å². The van der Waals surface area contributed by atoms with Gasteiger partial charge in [-0.25, -0.2) is 4.98 Å². The Hall–Kier alpha value is -2.04. The predicted octanol–water partition coefficient (Wildman–Crippen LogP) is 1.90. The number of nitrogens with zero attached hydrogens (tertiary/aromatic N) is 3. The Labute approximate surface area is 107 Å². The highest BCUT2D eigenvalue weighted by Crippen LogP contribution is 2.09. The van der Waals surface area contributed by atoms with Crippen molar-refractivity contribution in [3.8, 4) is 0 Å². The molecule has 0 aliphatic heterocycles. The third-order valence-electron chi connectivity index (χ3n) is 2.59. The van der Waals surface area contributed by atoms with E-state index in [4.69, 9.17) is 0 Å². The van der Waals surface area contributed by atoms with Crippen LogP contribution in [0.2, 0.25) is 0 Å². The molecule has 0 amide bonds. The van der Waals surface area contributed by atoms with E-state index in [2.05, 4.69) is 27.6 Å². The summed E-state index contributed by atoms with van der Waals surface area (Å²) < 4.78 is 1.82. The molecule has 0 atom stereocenters. The van der Waals surface area contributed by atoms with Gasteiger partial charge in [-0.15, -0.1) is 0 Å². The number of hydrogen-bond acceptors (Lipinski definition) is 4. The molecule has 0 radical (unpaired) electrons. The van der Waals surface area contributed by atoms with Gasteiger partial charge < -0.3 is 10.6 Å². The highest BCUT2D eigenvalue weighted by Gasteiger charge is 1.98. The largest absolute Gasteiger partial charge is 0.370 e. The van der Waals surface area contributed by atoms with Gasteiger partial charge in [0, 0.05) is 26.3 Å². The van der Waals surface area contributed by atoms with Crippen molar-refractivity contribution in [1.82, 2.24) is 14.8 Å². The first-order valence-electron chi connectivity index (χ1n) is 6.20. The van der Waals surface area contributed by atoms with Gasteiger partial charge in [-0.2, -0.15) is 5.10 Å². The minimum atomic E-state index is 0.855. The van der Waals surface area contributed by atoms with E-state index >= 15 is 0 Å². The van der Waals surface area contributed by atoms with Gasteiger partial charge in [-0.1, -0.05) is 6.07 Å². The van der Waals surface area contributed by atoms with Crippen molar-refractivity contribution in [3.63, 3.8) is 0 Å². The summed E-state index contributed by atoms with van der Waals surface area (Å²) in [6.45, 7) is 3.80. The molecule has 2 aromatic rings. The van der Waals surface area contributed by atoms with Crippen molar-refractivity contribution in [2.24, 2.45) is 7.05 Å². The SMILES string of the molecule is CCNc1cccc(NCCc2cnn(C)c2)n1. The van der Waals surface area contributed by atoms with E-state index in [1.807, 2.05) is 42.3 Å². The fourth-order valence-electron chi connectivity index (χ4n) is 1.75. The summed E-state index contributed by atoms with van der Waals surface area (Å²) in [5, 5.41) is 10.7. The average molecular weight is 245 g/mol. The Morgan fingerprint density at radius 1 is 1.22 bits per heavy atom. The van der Waals surface area contributed by atoms with Crippen LogP contribution in [-0.2, 0) is 13.5 Å². The maximum Gasteiger partial charge on any atom is 0.128 e. The Morgan fingerprint density at radius 3 is 2.67 bits per heavy atom. The fourth-order valence-corrected chi connectivity index (χ4v) is 1.75. The third kappa shape index (κ3) is 3.48. The molecule has 0 unspecified atom stereocenters. The van der Waals surface area contributed by atoms with Crippen molar-refractivity contribution >= 4 is 11.6 Å². The summed E-state index contributed by atoms with van der Waals surface area (Å²) in [5.74, 6) is 1.81. The topological polar surface area (TPSA) is 54.8 Å². The standard InChI is InChI=1S/C13H19N5/c1-3-14-12-5-4-6-13(17-12)15-8-7-11-9-16-18(2)10-11/h4-6,9-10H,3,7-8H2,1-2H3,(H2,14,15,17). The van der Waals surface area contributed by atoms with Crippen molar-refractivity contribution in [2.45, 2.75) is 13.3 Å². The molecule has 5 nitrogen and oxygen atoms in total. The molecule has 0 aliphatic rings. The second-order valence-electron chi connectivity index (χ2n) is 4.14. The number of pyridine rings is 1. The van der Waals surface area contributed by atoms with Gasteiger partial charge in [0.2, 0.25) is 0 Å². The third-order valence-corrected chi connectivity index (χ3v) is 2.59. The summed E-state index contributed by atoms with van der Waals surface area (Å²) in [6.07, 6.45) is 4.87. The molecule has 0 saturated carbocycles. The fraction of sp³-hybridized carbons (Fsp3) is 0.385. The maximum absolute atomic E-state index is 4.46. The second-order valence-corrected chi connectivity index (χ2v) is 4.14. The lowest BCUT2D eigenvalue weighted by molar-refractivity contribution is 0.767. The van der Waals surface area contributed by atoms with Crippen LogP contribution in [-0.4, -0.2) is 27.9 Å². The van der Waals surface area contributed by atoms with Gasteiger partial charge in [-0.05, 0) is 31.0 Å². The molecular formula is C13H19N5. The van der Waals surface area contributed by atoms with E-state index in [0.717, 1.165) is 31.1 Å². The summed E-state index contributed by atoms with van der Waals surface area (Å²) in [6, 6.07) is 5.94. The summed E-state index contributed by atoms with van der Waals surface area (Å²) in [5.41, 5.74) is 1.23. The molecule has 0 fully saturated rings. The van der Waals surface area contributed by atoms with Crippen LogP contribution in [0.4, 0.5) is 11.6 Å². The maximum atomic E-state index is 4.46. The zero-order valence-electron chi connectivity index (χ0n) is 10.8. The number of nitrogens with one attached hydrogen (secondary N) is 2. The number of aryl methyl sites for hydroxylation is 1. The molecule has 0 aliphatic carbocycles. The van der Waals surface area contributed by atoms with Crippen LogP contribution in [0.15, 0.2) is 30.6 Å². The number of anilines is 2. The Kier molecular flexibility index (Phi) is 4.17. The highest BCUT2D eigenvalue weighted by molar-refractivity contribution is 5.45. The molecule has 0 saturated heterocycles. The van der Waals surface area contributed by atoms with Crippen molar-refractivity contribution in [2.75, 3.05) is 23.7 Å². The molecular weight excluding hydrogens is 226 g/mol. The lowest BCUT2D eigenvalue weighted by Crippen LogP contribution is -2.07. The molecule has 2 rings (SSSR count). The first-order valence-corrected chi connectivity index (χ1v) is 6.20. The minimum absolute atomic E-state index is 0.855. The molecule has 2 N–H and O–H groups in total.